The molecule has 0 heterocycles. The first-order valence-corrected chi connectivity index (χ1v) is 4.60. The Labute approximate surface area is 82.5 Å². The Kier molecular flexibility index (Phi) is 3.86. The fraction of sp³-hybridized carbons (Fsp3) is 0.333. The van der Waals surface area contributed by atoms with Crippen molar-refractivity contribution < 1.29 is 5.11 Å². The Bertz CT molecular complexity index is 278. The first-order valence-electron chi connectivity index (χ1n) is 4.07. The lowest BCUT2D eigenvalue weighted by Gasteiger charge is -2.08. The standard InChI is InChI=1S/C9H13ClN2O/c10-6-7-1-2-9(8(11)5-7)12-3-4-13/h1-2,5,12-13H,3-4,6,11H2. The van der Waals surface area contributed by atoms with Crippen LogP contribution in [0.5, 0.6) is 0 Å². The minimum absolute atomic E-state index is 0.0939. The van der Waals surface area contributed by atoms with Crippen LogP contribution < -0.4 is 11.1 Å². The number of nitrogen functional groups attached to an aromatic ring is 1. The molecule has 0 aliphatic carbocycles. The Hall–Kier alpha value is -0.930. The molecule has 0 saturated carbocycles. The largest absolute Gasteiger partial charge is 0.397 e. The molecule has 4 N–H and O–H groups in total. The number of alkyl halides is 1. The maximum atomic E-state index is 8.59. The molecule has 0 atom stereocenters. The number of hydrogen-bond donors (Lipinski definition) is 3. The van der Waals surface area contributed by atoms with Crippen molar-refractivity contribution >= 4 is 23.0 Å². The van der Waals surface area contributed by atoms with Crippen molar-refractivity contribution in [3.8, 4) is 0 Å². The van der Waals surface area contributed by atoms with Crippen molar-refractivity contribution in [2.24, 2.45) is 0 Å². The molecule has 4 heteroatoms. The molecule has 0 aliphatic heterocycles. The highest BCUT2D eigenvalue weighted by Gasteiger charge is 1.98. The van der Waals surface area contributed by atoms with E-state index in [1.165, 1.54) is 0 Å². The lowest BCUT2D eigenvalue weighted by atomic mass is 10.2. The fourth-order valence-corrected chi connectivity index (χ4v) is 1.21. The van der Waals surface area contributed by atoms with E-state index in [4.69, 9.17) is 22.4 Å². The summed E-state index contributed by atoms with van der Waals surface area (Å²) in [5.41, 5.74) is 8.22. The summed E-state index contributed by atoms with van der Waals surface area (Å²) in [6.07, 6.45) is 0. The summed E-state index contributed by atoms with van der Waals surface area (Å²) >= 11 is 5.64. The number of aliphatic hydroxyl groups is 1. The molecule has 0 aliphatic rings. The zero-order valence-corrected chi connectivity index (χ0v) is 8.01. The average molecular weight is 201 g/mol. The van der Waals surface area contributed by atoms with E-state index in [0.717, 1.165) is 11.3 Å². The van der Waals surface area contributed by atoms with Crippen molar-refractivity contribution in [2.45, 2.75) is 5.88 Å². The molecule has 0 bridgehead atoms. The van der Waals surface area contributed by atoms with E-state index in [9.17, 15) is 0 Å². The van der Waals surface area contributed by atoms with Gasteiger partial charge in [0.2, 0.25) is 0 Å². The predicted molar refractivity (Wildman–Crippen MR) is 56.0 cm³/mol. The summed E-state index contributed by atoms with van der Waals surface area (Å²) in [6.45, 7) is 0.598. The second-order valence-corrected chi connectivity index (χ2v) is 2.97. The number of nitrogens with two attached hydrogens (primary N) is 1. The zero-order chi connectivity index (χ0) is 9.68. The SMILES string of the molecule is Nc1cc(CCl)ccc1NCCO. The molecule has 13 heavy (non-hydrogen) atoms. The summed E-state index contributed by atoms with van der Waals surface area (Å²) < 4.78 is 0. The highest BCUT2D eigenvalue weighted by Crippen LogP contribution is 2.20. The summed E-state index contributed by atoms with van der Waals surface area (Å²) in [5, 5.41) is 11.6. The summed E-state index contributed by atoms with van der Waals surface area (Å²) in [6, 6.07) is 5.60. The van der Waals surface area contributed by atoms with E-state index in [1.54, 1.807) is 0 Å². The predicted octanol–water partition coefficient (Wildman–Crippen LogP) is 1.41. The van der Waals surface area contributed by atoms with Crippen LogP contribution in [0.1, 0.15) is 5.56 Å². The van der Waals surface area contributed by atoms with Gasteiger partial charge in [-0.15, -0.1) is 11.6 Å². The molecule has 3 nitrogen and oxygen atoms in total. The molecule has 1 rings (SSSR count). The van der Waals surface area contributed by atoms with Gasteiger partial charge in [-0.25, -0.2) is 0 Å². The van der Waals surface area contributed by atoms with Crippen LogP contribution in [0.3, 0.4) is 0 Å². The molecule has 0 spiro atoms. The van der Waals surface area contributed by atoms with Crippen LogP contribution >= 0.6 is 11.6 Å². The van der Waals surface area contributed by atoms with Gasteiger partial charge in [0.25, 0.3) is 0 Å². The highest BCUT2D eigenvalue weighted by molar-refractivity contribution is 6.17. The van der Waals surface area contributed by atoms with Crippen molar-refractivity contribution in [3.05, 3.63) is 23.8 Å². The Morgan fingerprint density at radius 2 is 2.23 bits per heavy atom. The normalized spacial score (nSPS) is 10.0. The van der Waals surface area contributed by atoms with Gasteiger partial charge in [0.05, 0.1) is 18.0 Å². The molecule has 0 radical (unpaired) electrons. The van der Waals surface area contributed by atoms with Crippen molar-refractivity contribution in [1.29, 1.82) is 0 Å². The van der Waals surface area contributed by atoms with E-state index in [-0.39, 0.29) is 6.61 Å². The number of halogens is 1. The molecule has 72 valence electrons. The van der Waals surface area contributed by atoms with Gasteiger partial charge in [0.1, 0.15) is 0 Å². The van der Waals surface area contributed by atoms with Gasteiger partial charge in [-0.2, -0.15) is 0 Å². The molecule has 1 aromatic carbocycles. The number of aliphatic hydroxyl groups excluding tert-OH is 1. The van der Waals surface area contributed by atoms with Gasteiger partial charge in [-0.1, -0.05) is 6.07 Å². The van der Waals surface area contributed by atoms with Crippen molar-refractivity contribution in [1.82, 2.24) is 0 Å². The van der Waals surface area contributed by atoms with Crippen LogP contribution in [0.25, 0.3) is 0 Å². The van der Waals surface area contributed by atoms with E-state index >= 15 is 0 Å². The van der Waals surface area contributed by atoms with Gasteiger partial charge >= 0.3 is 0 Å². The second-order valence-electron chi connectivity index (χ2n) is 2.71. The first kappa shape index (κ1) is 10.2. The van der Waals surface area contributed by atoms with E-state index in [2.05, 4.69) is 5.32 Å². The van der Waals surface area contributed by atoms with Crippen molar-refractivity contribution in [3.63, 3.8) is 0 Å². The number of anilines is 2. The van der Waals surface area contributed by atoms with Gasteiger partial charge in [0, 0.05) is 12.4 Å². The van der Waals surface area contributed by atoms with Gasteiger partial charge < -0.3 is 16.2 Å². The van der Waals surface area contributed by atoms with Crippen LogP contribution in [0.2, 0.25) is 0 Å². The molecule has 0 fully saturated rings. The third-order valence-corrected chi connectivity index (χ3v) is 2.01. The topological polar surface area (TPSA) is 58.3 Å². The molecule has 0 unspecified atom stereocenters. The average Bonchev–Trinajstić information content (AvgIpc) is 2.16. The molecular formula is C9H13ClN2O. The summed E-state index contributed by atoms with van der Waals surface area (Å²) in [4.78, 5) is 0. The lowest BCUT2D eigenvalue weighted by molar-refractivity contribution is 0.311. The molecule has 0 aromatic heterocycles. The maximum absolute atomic E-state index is 8.59. The van der Waals surface area contributed by atoms with E-state index in [0.29, 0.717) is 18.1 Å². The van der Waals surface area contributed by atoms with Crippen LogP contribution in [-0.4, -0.2) is 18.3 Å². The first-order chi connectivity index (χ1) is 6.27. The second kappa shape index (κ2) is 4.94. The third kappa shape index (κ3) is 2.79. The quantitative estimate of drug-likeness (QED) is 0.509. The van der Waals surface area contributed by atoms with E-state index in [1.807, 2.05) is 18.2 Å². The summed E-state index contributed by atoms with van der Waals surface area (Å²) in [5.74, 6) is 0.463. The fourth-order valence-electron chi connectivity index (χ4n) is 1.05. The number of benzene rings is 1. The number of nitrogens with one attached hydrogen (secondary N) is 1. The van der Waals surface area contributed by atoms with Gasteiger partial charge in [-0.3, -0.25) is 0 Å². The van der Waals surface area contributed by atoms with E-state index < -0.39 is 0 Å². The van der Waals surface area contributed by atoms with Gasteiger partial charge in [0.15, 0.2) is 0 Å². The van der Waals surface area contributed by atoms with Crippen LogP contribution in [0, 0.1) is 0 Å². The smallest absolute Gasteiger partial charge is 0.0604 e. The summed E-state index contributed by atoms with van der Waals surface area (Å²) in [7, 11) is 0. The van der Waals surface area contributed by atoms with Crippen LogP contribution in [0.4, 0.5) is 11.4 Å². The minimum Gasteiger partial charge on any atom is -0.397 e. The van der Waals surface area contributed by atoms with Crippen LogP contribution in [-0.2, 0) is 5.88 Å². The zero-order valence-electron chi connectivity index (χ0n) is 7.26. The van der Waals surface area contributed by atoms with Crippen molar-refractivity contribution in [2.75, 3.05) is 24.2 Å². The Morgan fingerprint density at radius 1 is 1.46 bits per heavy atom. The Balaban J connectivity index is 2.73. The molecule has 0 saturated heterocycles. The Morgan fingerprint density at radius 3 is 2.77 bits per heavy atom. The number of rotatable bonds is 4. The third-order valence-electron chi connectivity index (χ3n) is 1.70. The minimum atomic E-state index is 0.0939. The van der Waals surface area contributed by atoms with Gasteiger partial charge in [-0.05, 0) is 17.7 Å². The maximum Gasteiger partial charge on any atom is 0.0604 e. The molecule has 0 amide bonds. The van der Waals surface area contributed by atoms with Crippen LogP contribution in [0.15, 0.2) is 18.2 Å². The highest BCUT2D eigenvalue weighted by atomic mass is 35.5. The number of hydrogen-bond acceptors (Lipinski definition) is 3. The molecule has 1 aromatic rings. The molecular weight excluding hydrogens is 188 g/mol. The lowest BCUT2D eigenvalue weighted by Crippen LogP contribution is -2.07. The monoisotopic (exact) mass is 200 g/mol.